The zero-order valence-corrected chi connectivity index (χ0v) is 11.5. The number of nitrogens with one attached hydrogen (secondary N) is 2. The number of hydrogen-bond acceptors (Lipinski definition) is 4. The first-order valence-corrected chi connectivity index (χ1v) is 6.41. The molecule has 1 aromatic carbocycles. The van der Waals surface area contributed by atoms with Gasteiger partial charge in [-0.05, 0) is 37.6 Å². The number of aromatic nitrogens is 1. The fraction of sp³-hybridized carbons (Fsp3) is 0.200. The third kappa shape index (κ3) is 3.71. The van der Waals surface area contributed by atoms with Crippen LogP contribution in [-0.4, -0.2) is 17.7 Å². The van der Waals surface area contributed by atoms with E-state index in [0.29, 0.717) is 18.1 Å². The lowest BCUT2D eigenvalue weighted by atomic mass is 10.2. The van der Waals surface area contributed by atoms with Crippen molar-refractivity contribution in [1.82, 2.24) is 4.98 Å². The summed E-state index contributed by atoms with van der Waals surface area (Å²) in [5, 5.41) is 5.82. The second kappa shape index (κ2) is 6.56. The van der Waals surface area contributed by atoms with Gasteiger partial charge < -0.3 is 10.1 Å². The summed E-state index contributed by atoms with van der Waals surface area (Å²) in [5.74, 6) is 0.716. The zero-order valence-electron chi connectivity index (χ0n) is 11.5. The quantitative estimate of drug-likeness (QED) is 0.890. The van der Waals surface area contributed by atoms with E-state index in [-0.39, 0.29) is 0 Å². The minimum Gasteiger partial charge on any atom is -0.450 e. The van der Waals surface area contributed by atoms with Gasteiger partial charge in [0.05, 0.1) is 18.5 Å². The molecule has 0 bridgehead atoms. The molecule has 2 N–H and O–H groups in total. The summed E-state index contributed by atoms with van der Waals surface area (Å²) in [5.41, 5.74) is 2.74. The Hall–Kier alpha value is -2.56. The average Bonchev–Trinajstić information content (AvgIpc) is 2.44. The first kappa shape index (κ1) is 13.9. The Morgan fingerprint density at radius 2 is 2.05 bits per heavy atom. The lowest BCUT2D eigenvalue weighted by Crippen LogP contribution is -2.13. The Balaban J connectivity index is 2.02. The third-order valence-corrected chi connectivity index (χ3v) is 2.69. The van der Waals surface area contributed by atoms with Gasteiger partial charge in [0.15, 0.2) is 0 Å². The number of carbonyl (C=O) groups excluding carboxylic acids is 1. The van der Waals surface area contributed by atoms with Crippen LogP contribution < -0.4 is 10.6 Å². The molecule has 20 heavy (non-hydrogen) atoms. The summed E-state index contributed by atoms with van der Waals surface area (Å²) in [4.78, 5) is 15.5. The Morgan fingerprint density at radius 3 is 2.70 bits per heavy atom. The van der Waals surface area contributed by atoms with E-state index in [0.717, 1.165) is 11.3 Å². The molecule has 0 saturated carbocycles. The molecule has 2 aromatic rings. The Bertz CT molecular complexity index is 582. The lowest BCUT2D eigenvalue weighted by molar-refractivity contribution is 0.168. The second-order valence-electron chi connectivity index (χ2n) is 4.22. The molecule has 0 radical (unpaired) electrons. The van der Waals surface area contributed by atoms with E-state index in [1.165, 1.54) is 0 Å². The van der Waals surface area contributed by atoms with Crippen molar-refractivity contribution in [2.75, 3.05) is 17.2 Å². The molecule has 0 aliphatic carbocycles. The molecule has 0 aliphatic heterocycles. The van der Waals surface area contributed by atoms with Gasteiger partial charge >= 0.3 is 6.09 Å². The van der Waals surface area contributed by atoms with Crippen molar-refractivity contribution in [3.8, 4) is 0 Å². The highest BCUT2D eigenvalue weighted by Crippen LogP contribution is 2.19. The van der Waals surface area contributed by atoms with Crippen LogP contribution in [0.2, 0.25) is 0 Å². The van der Waals surface area contributed by atoms with Crippen LogP contribution in [0.3, 0.4) is 0 Å². The van der Waals surface area contributed by atoms with Crippen LogP contribution in [0, 0.1) is 6.92 Å². The summed E-state index contributed by atoms with van der Waals surface area (Å²) in [6.07, 6.45) is 1.10. The molecule has 0 atom stereocenters. The average molecular weight is 271 g/mol. The number of carbonyl (C=O) groups is 1. The van der Waals surface area contributed by atoms with Crippen molar-refractivity contribution >= 4 is 23.3 Å². The Morgan fingerprint density at radius 1 is 1.25 bits per heavy atom. The fourth-order valence-corrected chi connectivity index (χ4v) is 1.68. The van der Waals surface area contributed by atoms with Gasteiger partial charge in [0.2, 0.25) is 0 Å². The number of benzene rings is 1. The van der Waals surface area contributed by atoms with E-state index in [1.807, 2.05) is 31.2 Å². The highest BCUT2D eigenvalue weighted by atomic mass is 16.5. The summed E-state index contributed by atoms with van der Waals surface area (Å²) >= 11 is 0. The summed E-state index contributed by atoms with van der Waals surface area (Å²) in [7, 11) is 0. The molecule has 0 unspecified atom stereocenters. The van der Waals surface area contributed by atoms with Gasteiger partial charge in [-0.1, -0.05) is 18.2 Å². The monoisotopic (exact) mass is 271 g/mol. The van der Waals surface area contributed by atoms with E-state index in [1.54, 1.807) is 25.3 Å². The molecule has 1 aromatic heterocycles. The molecule has 1 heterocycles. The minimum atomic E-state index is -0.478. The number of anilines is 3. The van der Waals surface area contributed by atoms with Crippen molar-refractivity contribution in [3.05, 3.63) is 48.2 Å². The van der Waals surface area contributed by atoms with Crippen LogP contribution in [0.4, 0.5) is 22.0 Å². The number of para-hydroxylation sites is 1. The smallest absolute Gasteiger partial charge is 0.411 e. The first-order chi connectivity index (χ1) is 9.69. The summed E-state index contributed by atoms with van der Waals surface area (Å²) in [6.45, 7) is 4.12. The van der Waals surface area contributed by atoms with Crippen LogP contribution >= 0.6 is 0 Å². The van der Waals surface area contributed by atoms with Crippen molar-refractivity contribution in [2.45, 2.75) is 13.8 Å². The largest absolute Gasteiger partial charge is 0.450 e. The highest BCUT2D eigenvalue weighted by Gasteiger charge is 2.03. The van der Waals surface area contributed by atoms with E-state index < -0.39 is 6.09 Å². The summed E-state index contributed by atoms with van der Waals surface area (Å²) in [6, 6.07) is 11.5. The normalized spacial score (nSPS) is 9.90. The number of rotatable bonds is 4. The molecule has 0 fully saturated rings. The maximum absolute atomic E-state index is 11.3. The number of amides is 1. The number of aryl methyl sites for hydroxylation is 1. The van der Waals surface area contributed by atoms with E-state index in [2.05, 4.69) is 15.6 Å². The predicted octanol–water partition coefficient (Wildman–Crippen LogP) is 3.70. The van der Waals surface area contributed by atoms with Crippen molar-refractivity contribution in [1.29, 1.82) is 0 Å². The lowest BCUT2D eigenvalue weighted by Gasteiger charge is -2.09. The molecule has 5 heteroatoms. The molecule has 104 valence electrons. The molecular formula is C15H17N3O2. The molecule has 0 spiro atoms. The van der Waals surface area contributed by atoms with Gasteiger partial charge in [0.25, 0.3) is 0 Å². The van der Waals surface area contributed by atoms with Gasteiger partial charge in [0, 0.05) is 5.69 Å². The molecule has 0 aliphatic rings. The SMILES string of the molecule is CCOC(=O)Nc1ccc(Nc2ccccc2C)nc1. The zero-order chi connectivity index (χ0) is 14.4. The van der Waals surface area contributed by atoms with Crippen LogP contribution in [-0.2, 0) is 4.74 Å². The fourth-order valence-electron chi connectivity index (χ4n) is 1.68. The molecular weight excluding hydrogens is 254 g/mol. The van der Waals surface area contributed by atoms with Crippen LogP contribution in [0.1, 0.15) is 12.5 Å². The van der Waals surface area contributed by atoms with Crippen LogP contribution in [0.25, 0.3) is 0 Å². The maximum atomic E-state index is 11.3. The molecule has 0 saturated heterocycles. The second-order valence-corrected chi connectivity index (χ2v) is 4.22. The minimum absolute atomic E-state index is 0.339. The van der Waals surface area contributed by atoms with E-state index >= 15 is 0 Å². The molecule has 2 rings (SSSR count). The highest BCUT2D eigenvalue weighted by molar-refractivity contribution is 5.84. The third-order valence-electron chi connectivity index (χ3n) is 2.69. The molecule has 5 nitrogen and oxygen atoms in total. The number of nitrogens with zero attached hydrogens (tertiary/aromatic N) is 1. The number of ether oxygens (including phenoxy) is 1. The summed E-state index contributed by atoms with van der Waals surface area (Å²) < 4.78 is 4.79. The van der Waals surface area contributed by atoms with E-state index in [4.69, 9.17) is 4.74 Å². The predicted molar refractivity (Wildman–Crippen MR) is 79.3 cm³/mol. The van der Waals surface area contributed by atoms with Gasteiger partial charge in [-0.2, -0.15) is 0 Å². The topological polar surface area (TPSA) is 63.2 Å². The molecule has 1 amide bonds. The van der Waals surface area contributed by atoms with Gasteiger partial charge in [-0.15, -0.1) is 0 Å². The van der Waals surface area contributed by atoms with Crippen molar-refractivity contribution in [3.63, 3.8) is 0 Å². The first-order valence-electron chi connectivity index (χ1n) is 6.41. The van der Waals surface area contributed by atoms with Crippen molar-refractivity contribution in [2.24, 2.45) is 0 Å². The maximum Gasteiger partial charge on any atom is 0.411 e. The van der Waals surface area contributed by atoms with Crippen molar-refractivity contribution < 1.29 is 9.53 Å². The Labute approximate surface area is 118 Å². The van der Waals surface area contributed by atoms with Gasteiger partial charge in [0.1, 0.15) is 5.82 Å². The number of pyridine rings is 1. The van der Waals surface area contributed by atoms with E-state index in [9.17, 15) is 4.79 Å². The standard InChI is InChI=1S/C15H17N3O2/c1-3-20-15(19)17-12-8-9-14(16-10-12)18-13-7-5-4-6-11(13)2/h4-10H,3H2,1-2H3,(H,16,18)(H,17,19). The van der Waals surface area contributed by atoms with Gasteiger partial charge in [-0.3, -0.25) is 5.32 Å². The van der Waals surface area contributed by atoms with Crippen LogP contribution in [0.15, 0.2) is 42.6 Å². The number of hydrogen-bond donors (Lipinski definition) is 2. The Kier molecular flexibility index (Phi) is 4.55. The van der Waals surface area contributed by atoms with Crippen LogP contribution in [0.5, 0.6) is 0 Å². The van der Waals surface area contributed by atoms with Gasteiger partial charge in [-0.25, -0.2) is 9.78 Å².